The van der Waals surface area contributed by atoms with E-state index in [9.17, 15) is 9.59 Å². The third kappa shape index (κ3) is 15.0. The largest absolute Gasteiger partial charge is 0.0538 e. The fourth-order valence-electron chi connectivity index (χ4n) is 18.3. The van der Waals surface area contributed by atoms with Gasteiger partial charge in [-0.1, -0.05) is 48.6 Å². The van der Waals surface area contributed by atoms with Crippen LogP contribution >= 0.6 is 41.6 Å². The van der Waals surface area contributed by atoms with Gasteiger partial charge >= 0.3 is 329 Å². The molecule has 0 heterocycles. The number of carbonyl (C=O) groups excluding carboxylic acids is 2. The van der Waals surface area contributed by atoms with Crippen molar-refractivity contribution in [2.24, 2.45) is 0 Å². The number of benzene rings is 12. The van der Waals surface area contributed by atoms with Gasteiger partial charge in [-0.05, 0) is 294 Å². The third-order valence-corrected chi connectivity index (χ3v) is 46.2. The quantitative estimate of drug-likeness (QED) is 0.0902. The minimum atomic E-state index is -3.23. The molecule has 10 aliphatic rings. The average Bonchev–Trinajstić information content (AvgIpc) is 0.697. The Morgan fingerprint density at radius 2 is 0.316 bits per heavy atom. The van der Waals surface area contributed by atoms with Gasteiger partial charge < -0.3 is 0 Å². The topological polar surface area (TPSA) is 34.1 Å². The molecule has 0 spiro atoms. The summed E-state index contributed by atoms with van der Waals surface area (Å²) in [5.74, 6) is 0. The Balaban J connectivity index is 0.000000193. The van der Waals surface area contributed by atoms with Crippen LogP contribution < -0.4 is 31.8 Å². The summed E-state index contributed by atoms with van der Waals surface area (Å²) in [6, 6.07) is 67.1. The second-order valence-electron chi connectivity index (χ2n) is 32.4. The number of rotatable bonds is 12. The van der Waals surface area contributed by atoms with E-state index in [1.165, 1.54) is 199 Å². The van der Waals surface area contributed by atoms with E-state index in [-0.39, 0.29) is 0 Å². The van der Waals surface area contributed by atoms with E-state index in [1.807, 2.05) is 27.7 Å². The zero-order chi connectivity index (χ0) is 82.8. The maximum atomic E-state index is 10.9. The predicted octanol–water partition coefficient (Wildman–Crippen LogP) is 27.8. The van der Waals surface area contributed by atoms with Crippen LogP contribution in [0.4, 0.5) is 0 Å². The molecule has 22 rings (SSSR count). The summed E-state index contributed by atoms with van der Waals surface area (Å²) in [6.45, 7) is 53.6. The van der Waals surface area contributed by atoms with Crippen LogP contribution in [0, 0.1) is 166 Å². The van der Waals surface area contributed by atoms with E-state index in [2.05, 4.69) is 369 Å². The van der Waals surface area contributed by atoms with Crippen molar-refractivity contribution in [3.8, 4) is 0 Å². The molecule has 2 nitrogen and oxygen atoms in total. The summed E-state index contributed by atoms with van der Waals surface area (Å²) >= 11 is 9.54. The molecule has 0 saturated carbocycles. The Morgan fingerprint density at radius 1 is 0.193 bits per heavy atom. The Morgan fingerprint density at radius 3 is 0.430 bits per heavy atom. The van der Waals surface area contributed by atoms with Crippen molar-refractivity contribution in [2.75, 3.05) is 0 Å². The van der Waals surface area contributed by atoms with Gasteiger partial charge in [0, 0.05) is 11.1 Å². The summed E-state index contributed by atoms with van der Waals surface area (Å²) in [6.07, 6.45) is 22.4. The summed E-state index contributed by atoms with van der Waals surface area (Å²) in [5.41, 5.74) is 45.8. The molecule has 10 aliphatic carbocycles. The van der Waals surface area contributed by atoms with Crippen molar-refractivity contribution in [3.05, 3.63) is 382 Å². The minimum absolute atomic E-state index is 0.714. The molecule has 114 heavy (non-hydrogen) atoms. The molecule has 0 aromatic heterocycles. The first-order valence-corrected chi connectivity index (χ1v) is 49.1. The van der Waals surface area contributed by atoms with Gasteiger partial charge in [0.1, 0.15) is 0 Å². The van der Waals surface area contributed by atoms with Crippen LogP contribution in [0.25, 0.3) is 48.6 Å². The van der Waals surface area contributed by atoms with Crippen molar-refractivity contribution in [1.29, 1.82) is 0 Å². The number of halogens is 2. The Bertz CT molecular complexity index is 4840. The molecule has 0 radical (unpaired) electrons. The standard InChI is InChI=1S/C48H46Br2P2.C48H56.C12H14O2/c1-37-38(2)48(36-52(50,44-29-17-8-18-30-44,45-31-19-9-20-32-45)46-33-21-10-22-34-46)40(4)39(3)47(37)35-51(49,41-23-11-5-12-24-41,42-25-13-6-14-26-42)43-27-15-7-16-28-43;1-25-26(2)42-19-20-44-33(9)35(11)46(36(12)34(44)10)23-24-48-39(15)37(13)47(38(14)40(48)16)22-21-45-31(7)29(5)43(30(6)32(45)8)18-17-41(25)27(3)28(42)4;1-7-8(2)12(6-14)10(4)9(3)11(7)5-13/h5-34H,35-36H2,1-4H3;17-24H,1-16H3;5-6H,1-4H3. The van der Waals surface area contributed by atoms with Crippen molar-refractivity contribution in [3.63, 3.8) is 0 Å². The van der Waals surface area contributed by atoms with Crippen molar-refractivity contribution in [2.45, 2.75) is 178 Å². The molecule has 12 aromatic carbocycles. The molecule has 0 saturated heterocycles. The minimum Gasteiger partial charge on any atom is -0.0538 e. The molecule has 584 valence electrons. The van der Waals surface area contributed by atoms with Crippen LogP contribution in [0.3, 0.4) is 0 Å². The van der Waals surface area contributed by atoms with Crippen molar-refractivity contribution in [1.82, 2.24) is 0 Å². The zero-order valence-electron chi connectivity index (χ0n) is 72.0. The normalized spacial score (nSPS) is 12.7. The van der Waals surface area contributed by atoms with Crippen molar-refractivity contribution >= 4 is 135 Å². The van der Waals surface area contributed by atoms with E-state index in [0.717, 1.165) is 47.1 Å². The maximum Gasteiger partial charge on any atom is -0.0192 e. The Labute approximate surface area is 699 Å². The first kappa shape index (κ1) is 85.6. The van der Waals surface area contributed by atoms with Gasteiger partial charge in [0.2, 0.25) is 0 Å². The van der Waals surface area contributed by atoms with Gasteiger partial charge in [0.05, 0.1) is 0 Å². The number of aldehydes is 2. The molecule has 6 heteroatoms. The molecule has 0 amide bonds. The van der Waals surface area contributed by atoms with Crippen LogP contribution in [0.1, 0.15) is 210 Å². The third-order valence-electron chi connectivity index (χ3n) is 27.2. The molecule has 12 aromatic rings. The van der Waals surface area contributed by atoms with Crippen molar-refractivity contribution < 1.29 is 9.59 Å². The molecule has 0 unspecified atom stereocenters. The van der Waals surface area contributed by atoms with E-state index < -0.39 is 10.6 Å². The van der Waals surface area contributed by atoms with Crippen LogP contribution in [-0.2, 0) is 12.3 Å². The van der Waals surface area contributed by atoms with Gasteiger partial charge in [-0.15, -0.1) is 0 Å². The first-order valence-electron chi connectivity index (χ1n) is 40.2. The van der Waals surface area contributed by atoms with Crippen LogP contribution in [0.5, 0.6) is 0 Å². The smallest absolute Gasteiger partial charge is 0.0192 e. The van der Waals surface area contributed by atoms with Crippen LogP contribution in [0.2, 0.25) is 0 Å². The van der Waals surface area contributed by atoms with Gasteiger partial charge in [0.25, 0.3) is 0 Å². The molecule has 0 N–H and O–H groups in total. The number of hydrogen-bond donors (Lipinski definition) is 0. The van der Waals surface area contributed by atoms with E-state index in [4.69, 9.17) is 31.0 Å². The first-order chi connectivity index (χ1) is 54.1. The molecule has 8 bridgehead atoms. The van der Waals surface area contributed by atoms with Gasteiger partial charge in [-0.2, -0.15) is 0 Å². The maximum absolute atomic E-state index is 10.9. The number of carbonyl (C=O) groups is 2. The number of hydrogen-bond acceptors (Lipinski definition) is 2. The van der Waals surface area contributed by atoms with Gasteiger partial charge in [0.15, 0.2) is 12.6 Å². The molecule has 0 fully saturated rings. The molecule has 0 aliphatic heterocycles. The Kier molecular flexibility index (Phi) is 25.8. The van der Waals surface area contributed by atoms with Gasteiger partial charge in [-0.25, -0.2) is 0 Å². The summed E-state index contributed by atoms with van der Waals surface area (Å²) in [5, 5.41) is 1.58. The van der Waals surface area contributed by atoms with Crippen LogP contribution in [0.15, 0.2) is 182 Å². The Hall–Kier alpha value is -9.24. The van der Waals surface area contributed by atoms with Gasteiger partial charge in [-0.3, -0.25) is 9.59 Å². The molecule has 0 atom stereocenters. The molecular weight excluding hydrogens is 1550 g/mol. The summed E-state index contributed by atoms with van der Waals surface area (Å²) in [4.78, 5) is 21.7. The predicted molar refractivity (Wildman–Crippen MR) is 514 cm³/mol. The second-order valence-corrected chi connectivity index (χ2v) is 50.2. The van der Waals surface area contributed by atoms with E-state index in [1.54, 1.807) is 0 Å². The van der Waals surface area contributed by atoms with Crippen LogP contribution in [-0.4, -0.2) is 12.6 Å². The summed E-state index contributed by atoms with van der Waals surface area (Å²) < 4.78 is 0. The second kappa shape index (κ2) is 34.3. The summed E-state index contributed by atoms with van der Waals surface area (Å²) in [7, 11) is 0. The fourth-order valence-corrected chi connectivity index (χ4v) is 33.8. The SMILES string of the molecule is Cc1c(C)c(C=O)c(C)c(C)c1C=O.Cc1c(C)c(CP(Br)(c2ccccc2)(c2ccccc2)c2ccccc2)c(C)c(C)c1CP(Br)(c1ccccc1)(c1ccccc1)c1ccccc1.Cc1c(C)c2c(C)c(C)c1C=Cc1c(C)c(C)c(c(C)c1C)C=Cc1c(C)c(C)c(c(C)c1C)C=Cc1c(C)c(C)c(c(C)c1C)C=C2. The van der Waals surface area contributed by atoms with E-state index >= 15 is 0 Å². The van der Waals surface area contributed by atoms with E-state index in [0.29, 0.717) is 11.1 Å². The monoisotopic (exact) mass is 1660 g/mol. The fraction of sp³-hybridized carbons (Fsp3) is 0.241. The molecular formula is C108H116Br2O2P2. The average molecular weight is 1670 g/mol. The zero-order valence-corrected chi connectivity index (χ0v) is 76.9.